The minimum atomic E-state index is -2.45. The van der Waals surface area contributed by atoms with Gasteiger partial charge in [0.25, 0.3) is 0 Å². The number of benzene rings is 3. The van der Waals surface area contributed by atoms with Crippen LogP contribution in [0.2, 0.25) is 13.6 Å². The second kappa shape index (κ2) is 35.5. The first kappa shape index (κ1) is 68.8. The smallest absolute Gasteiger partial charge is 0.410 e. The van der Waals surface area contributed by atoms with Gasteiger partial charge in [0, 0.05) is 80.4 Å². The molecule has 0 amide bonds. The van der Waals surface area contributed by atoms with Crippen LogP contribution in [0.5, 0.6) is 12.0 Å². The summed E-state index contributed by atoms with van der Waals surface area (Å²) in [6, 6.07) is 39.1. The van der Waals surface area contributed by atoms with Gasteiger partial charge in [0.1, 0.15) is 17.9 Å². The van der Waals surface area contributed by atoms with Crippen molar-refractivity contribution in [2.24, 2.45) is 0 Å². The highest BCUT2D eigenvalue weighted by Gasteiger charge is 2.30. The Morgan fingerprint density at radius 2 is 0.944 bits per heavy atom. The molecular formula is C68H81B2N8O11P. The Morgan fingerprint density at radius 3 is 1.32 bits per heavy atom. The number of ketones is 2. The van der Waals surface area contributed by atoms with Gasteiger partial charge in [-0.15, -0.1) is 0 Å². The van der Waals surface area contributed by atoms with E-state index in [1.807, 2.05) is 88.2 Å². The first-order valence-electron chi connectivity index (χ1n) is 30.5. The Bertz CT molecular complexity index is 3410. The highest BCUT2D eigenvalue weighted by molar-refractivity contribution is 7.95. The summed E-state index contributed by atoms with van der Waals surface area (Å²) in [5.74, 6) is 1.87. The molecule has 3 aromatic carbocycles. The second-order valence-corrected chi connectivity index (χ2v) is 25.2. The van der Waals surface area contributed by atoms with Gasteiger partial charge in [-0.05, 0) is 140 Å². The SMILES string of the molecule is CB(O)N1CCCCc2ccc(CCC=O)nc21.COC(=O)C[C@H](CC(=O)/C=C/CCc1ccc2c(n1)N(B(C)O)CCCC2)c1cnc(OC)nc1.COC(=O)C[C@H](CC(=O)C=P(c1ccccc1)(c1ccccc1)c1ccccc1)c1cnc(OC)nc1. The third-order valence-corrected chi connectivity index (χ3v) is 19.7. The zero-order valence-corrected chi connectivity index (χ0v) is 53.2. The third kappa shape index (κ3) is 19.7. The van der Waals surface area contributed by atoms with E-state index in [1.165, 1.54) is 34.0 Å². The van der Waals surface area contributed by atoms with Crippen LogP contribution in [0.4, 0.5) is 11.6 Å². The molecule has 22 heteroatoms. The van der Waals surface area contributed by atoms with Crippen LogP contribution in [0.25, 0.3) is 0 Å². The van der Waals surface area contributed by atoms with E-state index in [0.29, 0.717) is 36.8 Å². The lowest BCUT2D eigenvalue weighted by Gasteiger charge is -2.28. The molecule has 0 aliphatic carbocycles. The molecule has 9 rings (SSSR count). The van der Waals surface area contributed by atoms with Gasteiger partial charge in [-0.3, -0.25) is 19.2 Å². The lowest BCUT2D eigenvalue weighted by molar-refractivity contribution is -0.142. The molecule has 0 bridgehead atoms. The van der Waals surface area contributed by atoms with E-state index in [4.69, 9.17) is 23.9 Å². The zero-order valence-electron chi connectivity index (χ0n) is 52.3. The summed E-state index contributed by atoms with van der Waals surface area (Å²) in [5.41, 5.74) is 5.56. The molecule has 4 aromatic heterocycles. The van der Waals surface area contributed by atoms with E-state index in [2.05, 4.69) is 73.5 Å². The van der Waals surface area contributed by atoms with Crippen molar-refractivity contribution in [2.75, 3.05) is 51.2 Å². The van der Waals surface area contributed by atoms with E-state index >= 15 is 0 Å². The number of carbonyl (C=O) groups is 5. The standard InChI is InChI=1S/C30H29N2O4P.C25H33BN4O5.C13H19BN2O2/c1-35-29(34)19-23(24-20-31-30(36-2)32-21-24)18-25(33)22-37(26-12-6-3-7-13-26,27-14-8-4-9-15-27)28-16-10-5-11-17-28;1-26(33)30-13-7-6-8-18-11-12-21(29-24(18)30)9-4-5-10-22(31)14-19(15-23(32)34-2)20-16-27-25(35-3)28-17-20;1-14(18)16-9-3-2-5-11-7-8-12(6-4-10-17)15-13(11)16/h3-17,20-23H,18-19H2,1-2H3;5,10-12,16-17,19,33H,4,6-9,13-15H2,1-3H3;7-8,10,18H,2-6,9H2,1H3/b;10-5+;/t23-;19-;/m00./s1. The number of nitrogens with zero attached hydrogens (tertiary/aromatic N) is 8. The van der Waals surface area contributed by atoms with Crippen molar-refractivity contribution in [1.29, 1.82) is 0 Å². The van der Waals surface area contributed by atoms with Crippen LogP contribution in [0.15, 0.2) is 152 Å². The number of aldehydes is 1. The molecule has 0 saturated heterocycles. The highest BCUT2D eigenvalue weighted by atomic mass is 31.2. The minimum absolute atomic E-state index is 0.0409. The maximum Gasteiger partial charge on any atom is 0.410 e. The average molecular weight is 1240 g/mol. The molecule has 2 aliphatic rings. The monoisotopic (exact) mass is 1240 g/mol. The summed E-state index contributed by atoms with van der Waals surface area (Å²) in [6.45, 7) is 2.72. The van der Waals surface area contributed by atoms with Gasteiger partial charge >= 0.3 is 38.1 Å². The van der Waals surface area contributed by atoms with Crippen molar-refractivity contribution in [1.82, 2.24) is 29.9 Å². The van der Waals surface area contributed by atoms with Crippen molar-refractivity contribution in [3.05, 3.63) is 186 Å². The number of aryl methyl sites for hydroxylation is 4. The van der Waals surface area contributed by atoms with Crippen LogP contribution in [-0.4, -0.2) is 131 Å². The largest absolute Gasteiger partial charge is 0.469 e. The van der Waals surface area contributed by atoms with Crippen LogP contribution in [0, 0.1) is 0 Å². The number of aromatic nitrogens is 6. The number of rotatable bonds is 25. The van der Waals surface area contributed by atoms with E-state index in [9.17, 15) is 34.0 Å². The molecule has 0 fully saturated rings. The van der Waals surface area contributed by atoms with Gasteiger partial charge in [-0.2, -0.15) is 0 Å². The molecule has 0 saturated carbocycles. The van der Waals surface area contributed by atoms with Crippen molar-refractivity contribution in [3.63, 3.8) is 0 Å². The molecule has 0 spiro atoms. The summed E-state index contributed by atoms with van der Waals surface area (Å²) < 4.78 is 19.7. The van der Waals surface area contributed by atoms with Crippen LogP contribution >= 0.6 is 6.89 Å². The second-order valence-electron chi connectivity index (χ2n) is 21.9. The van der Waals surface area contributed by atoms with E-state index in [-0.39, 0.29) is 55.2 Å². The fourth-order valence-corrected chi connectivity index (χ4v) is 14.7. The molecule has 2 aliphatic heterocycles. The Morgan fingerprint density at radius 1 is 0.544 bits per heavy atom. The molecule has 6 heterocycles. The van der Waals surface area contributed by atoms with Gasteiger partial charge in [0.05, 0.1) is 41.3 Å². The number of methoxy groups -OCH3 is 4. The summed E-state index contributed by atoms with van der Waals surface area (Å²) in [4.78, 5) is 90.9. The van der Waals surface area contributed by atoms with E-state index < -0.39 is 38.8 Å². The predicted octanol–water partition coefficient (Wildman–Crippen LogP) is 8.28. The molecule has 0 unspecified atom stereocenters. The number of pyridine rings is 2. The number of hydrogen-bond donors (Lipinski definition) is 2. The summed E-state index contributed by atoms with van der Waals surface area (Å²) in [5, 5.41) is 23.3. The topological polar surface area (TPSA) is 247 Å². The van der Waals surface area contributed by atoms with Crippen molar-refractivity contribution in [3.8, 4) is 12.0 Å². The highest BCUT2D eigenvalue weighted by Crippen LogP contribution is 2.44. The number of carbonyl (C=O) groups excluding carboxylic acids is 5. The lowest BCUT2D eigenvalue weighted by atomic mass is 9.84. The summed E-state index contributed by atoms with van der Waals surface area (Å²) in [6.07, 6.45) is 19.8. The molecule has 7 aromatic rings. The molecule has 2 atom stereocenters. The van der Waals surface area contributed by atoms with Gasteiger partial charge in [-0.1, -0.05) is 109 Å². The normalized spacial score (nSPS) is 13.4. The zero-order chi connectivity index (χ0) is 64.3. The number of hydrogen-bond acceptors (Lipinski definition) is 19. The molecule has 470 valence electrons. The van der Waals surface area contributed by atoms with Gasteiger partial charge in [0.15, 0.2) is 11.6 Å². The van der Waals surface area contributed by atoms with Crippen LogP contribution in [-0.2, 0) is 59.1 Å². The fraction of sp³-hybridized carbons (Fsp3) is 0.353. The number of fused-ring (bicyclic) bond motifs is 2. The van der Waals surface area contributed by atoms with Crippen molar-refractivity contribution < 1.29 is 53.0 Å². The maximum atomic E-state index is 13.9. The number of anilines is 2. The molecule has 90 heavy (non-hydrogen) atoms. The summed E-state index contributed by atoms with van der Waals surface area (Å²) in [7, 11) is 4.52. The third-order valence-electron chi connectivity index (χ3n) is 15.7. The van der Waals surface area contributed by atoms with Crippen LogP contribution in [0.3, 0.4) is 0 Å². The Labute approximate surface area is 529 Å². The van der Waals surface area contributed by atoms with Gasteiger partial charge in [0.2, 0.25) is 0 Å². The predicted molar refractivity (Wildman–Crippen MR) is 355 cm³/mol. The number of esters is 2. The number of Topliss-reactive ketones (excluding diaryl/α,β-unsaturated/α-hetero) is 1. The quantitative estimate of drug-likeness (QED) is 0.0180. The van der Waals surface area contributed by atoms with E-state index in [1.54, 1.807) is 44.5 Å². The first-order chi connectivity index (χ1) is 43.7. The van der Waals surface area contributed by atoms with Gasteiger partial charge in [-0.25, -0.2) is 29.9 Å². The Balaban J connectivity index is 0.000000203. The van der Waals surface area contributed by atoms with Crippen molar-refractivity contribution in [2.45, 2.75) is 115 Å². The van der Waals surface area contributed by atoms with Gasteiger partial charge < -0.3 is 43.4 Å². The molecule has 0 radical (unpaired) electrons. The molecular weight excluding hydrogens is 1160 g/mol. The Hall–Kier alpha value is -8.64. The molecule has 2 N–H and O–H groups in total. The Kier molecular flexibility index (Phi) is 27.2. The van der Waals surface area contributed by atoms with Crippen LogP contribution < -0.4 is 35.0 Å². The fourth-order valence-electron chi connectivity index (χ4n) is 10.9. The van der Waals surface area contributed by atoms with Crippen molar-refractivity contribution >= 4 is 84.1 Å². The first-order valence-corrected chi connectivity index (χ1v) is 32.4. The van der Waals surface area contributed by atoms with E-state index in [0.717, 1.165) is 102 Å². The molecule has 19 nitrogen and oxygen atoms in total. The van der Waals surface area contributed by atoms with Crippen LogP contribution in [0.1, 0.15) is 110 Å². The minimum Gasteiger partial charge on any atom is -0.469 e. The maximum absolute atomic E-state index is 13.9. The average Bonchev–Trinajstić information content (AvgIpc) is 0.910. The number of allylic oxidation sites excluding steroid dienone is 2. The lowest BCUT2D eigenvalue weighted by Crippen LogP contribution is -2.38. The summed E-state index contributed by atoms with van der Waals surface area (Å²) >= 11 is 0. The number of ether oxygens (including phenoxy) is 4.